The lowest BCUT2D eigenvalue weighted by molar-refractivity contribution is -0.121. The number of hydrogen-bond donors (Lipinski definition) is 2. The monoisotopic (exact) mass is 484 g/mol. The standard InChI is InChI=1S/C26H36N4O3S/c1-2-3-9-18-10-8-13-21(18)28-24(32)19-11-7-12-20(16-19)27-23(31)17-22-25(33)29-26(34-22)30-14-5-4-6-15-30/h7,11-12,16,18,21-22H,2-6,8-10,13-15,17H2,1H3,(H,27,31)(H,28,32). The van der Waals surface area contributed by atoms with Crippen molar-refractivity contribution in [3.63, 3.8) is 0 Å². The van der Waals surface area contributed by atoms with Gasteiger partial charge in [0.05, 0.1) is 0 Å². The number of thioether (sulfide) groups is 1. The van der Waals surface area contributed by atoms with Crippen molar-refractivity contribution in [2.45, 2.75) is 82.4 Å². The molecule has 3 amide bonds. The van der Waals surface area contributed by atoms with E-state index in [1.54, 1.807) is 24.3 Å². The van der Waals surface area contributed by atoms with Gasteiger partial charge >= 0.3 is 0 Å². The average Bonchev–Trinajstić information content (AvgIpc) is 3.44. The first-order chi connectivity index (χ1) is 16.5. The number of rotatable bonds is 8. The minimum atomic E-state index is -0.481. The van der Waals surface area contributed by atoms with Gasteiger partial charge in [0, 0.05) is 36.8 Å². The SMILES string of the molecule is CCCCC1CCCC1NC(=O)c1cccc(NC(=O)CC2SC(N3CCCCC3)=NC2=O)c1. The molecule has 184 valence electrons. The van der Waals surface area contributed by atoms with Gasteiger partial charge in [-0.25, -0.2) is 0 Å². The Morgan fingerprint density at radius 2 is 1.97 bits per heavy atom. The normalized spacial score (nSPS) is 24.7. The maximum absolute atomic E-state index is 12.9. The summed E-state index contributed by atoms with van der Waals surface area (Å²) >= 11 is 1.40. The van der Waals surface area contributed by atoms with E-state index < -0.39 is 5.25 Å². The quantitative estimate of drug-likeness (QED) is 0.563. The summed E-state index contributed by atoms with van der Waals surface area (Å²) in [6, 6.07) is 7.27. The van der Waals surface area contributed by atoms with Crippen molar-refractivity contribution in [3.8, 4) is 0 Å². The molecule has 1 aromatic carbocycles. The second-order valence-electron chi connectivity index (χ2n) is 9.63. The number of nitrogens with one attached hydrogen (secondary N) is 2. The van der Waals surface area contributed by atoms with Crippen LogP contribution in [-0.2, 0) is 9.59 Å². The highest BCUT2D eigenvalue weighted by Crippen LogP contribution is 2.31. The largest absolute Gasteiger partial charge is 0.351 e. The fourth-order valence-electron chi connectivity index (χ4n) is 5.14. The summed E-state index contributed by atoms with van der Waals surface area (Å²) in [6.45, 7) is 4.05. The molecule has 1 saturated heterocycles. The molecule has 8 heteroatoms. The molecule has 2 aliphatic heterocycles. The van der Waals surface area contributed by atoms with E-state index in [0.717, 1.165) is 43.9 Å². The lowest BCUT2D eigenvalue weighted by atomic mass is 9.96. The minimum Gasteiger partial charge on any atom is -0.351 e. The van der Waals surface area contributed by atoms with Crippen LogP contribution in [0.2, 0.25) is 0 Å². The van der Waals surface area contributed by atoms with Gasteiger partial charge in [0.1, 0.15) is 5.25 Å². The molecule has 3 unspecified atom stereocenters. The van der Waals surface area contributed by atoms with Crippen LogP contribution in [0.3, 0.4) is 0 Å². The summed E-state index contributed by atoms with van der Waals surface area (Å²) in [5.74, 6) is -0.00662. The molecule has 3 atom stereocenters. The fourth-order valence-corrected chi connectivity index (χ4v) is 6.26. The third-order valence-corrected chi connectivity index (χ3v) is 8.25. The molecule has 1 aromatic rings. The number of hydrogen-bond acceptors (Lipinski definition) is 5. The van der Waals surface area contributed by atoms with Crippen molar-refractivity contribution in [1.29, 1.82) is 0 Å². The van der Waals surface area contributed by atoms with E-state index in [0.29, 0.717) is 17.2 Å². The molecule has 2 fully saturated rings. The smallest absolute Gasteiger partial charge is 0.262 e. The third kappa shape index (κ3) is 6.40. The van der Waals surface area contributed by atoms with E-state index in [2.05, 4.69) is 27.4 Å². The number of carbonyl (C=O) groups excluding carboxylic acids is 3. The molecular weight excluding hydrogens is 448 g/mol. The van der Waals surface area contributed by atoms with Gasteiger partial charge < -0.3 is 15.5 Å². The van der Waals surface area contributed by atoms with Crippen molar-refractivity contribution >= 4 is 40.3 Å². The summed E-state index contributed by atoms with van der Waals surface area (Å²) in [5.41, 5.74) is 1.11. The van der Waals surface area contributed by atoms with Gasteiger partial charge in [-0.15, -0.1) is 0 Å². The first kappa shape index (κ1) is 24.8. The number of unbranched alkanes of at least 4 members (excludes halogenated alkanes) is 1. The Kier molecular flexibility index (Phi) is 8.64. The predicted molar refractivity (Wildman–Crippen MR) is 137 cm³/mol. The van der Waals surface area contributed by atoms with Crippen LogP contribution in [0.4, 0.5) is 5.69 Å². The lowest BCUT2D eigenvalue weighted by Crippen LogP contribution is -2.37. The summed E-state index contributed by atoms with van der Waals surface area (Å²) in [5, 5.41) is 6.35. The van der Waals surface area contributed by atoms with Gasteiger partial charge in [-0.2, -0.15) is 4.99 Å². The van der Waals surface area contributed by atoms with Gasteiger partial charge in [-0.3, -0.25) is 14.4 Å². The van der Waals surface area contributed by atoms with E-state index in [4.69, 9.17) is 0 Å². The van der Waals surface area contributed by atoms with Gasteiger partial charge in [-0.1, -0.05) is 44.0 Å². The Hall–Kier alpha value is -2.35. The molecule has 1 aliphatic carbocycles. The Bertz CT molecular complexity index is 928. The van der Waals surface area contributed by atoms with Crippen molar-refractivity contribution in [3.05, 3.63) is 29.8 Å². The van der Waals surface area contributed by atoms with E-state index in [1.165, 1.54) is 43.9 Å². The zero-order valence-electron chi connectivity index (χ0n) is 20.1. The van der Waals surface area contributed by atoms with E-state index in [9.17, 15) is 14.4 Å². The highest BCUT2D eigenvalue weighted by molar-refractivity contribution is 8.15. The zero-order chi connectivity index (χ0) is 23.9. The Morgan fingerprint density at radius 1 is 1.15 bits per heavy atom. The summed E-state index contributed by atoms with van der Waals surface area (Å²) < 4.78 is 0. The molecule has 0 aromatic heterocycles. The molecule has 4 rings (SSSR count). The number of nitrogens with zero attached hydrogens (tertiary/aromatic N) is 2. The summed E-state index contributed by atoms with van der Waals surface area (Å²) in [4.78, 5) is 44.2. The predicted octanol–water partition coefficient (Wildman–Crippen LogP) is 4.59. The van der Waals surface area contributed by atoms with Crippen LogP contribution in [0.15, 0.2) is 29.3 Å². The first-order valence-electron chi connectivity index (χ1n) is 12.8. The number of anilines is 1. The first-order valence-corrected chi connectivity index (χ1v) is 13.7. The number of amidine groups is 1. The molecule has 3 aliphatic rings. The van der Waals surface area contributed by atoms with Crippen LogP contribution >= 0.6 is 11.8 Å². The van der Waals surface area contributed by atoms with Crippen molar-refractivity contribution in [2.24, 2.45) is 10.9 Å². The van der Waals surface area contributed by atoms with Gasteiger partial charge in [0.25, 0.3) is 11.8 Å². The fraction of sp³-hybridized carbons (Fsp3) is 0.615. The van der Waals surface area contributed by atoms with Crippen LogP contribution in [0.25, 0.3) is 0 Å². The second kappa shape index (κ2) is 11.9. The Morgan fingerprint density at radius 3 is 2.76 bits per heavy atom. The average molecular weight is 485 g/mol. The Balaban J connectivity index is 1.28. The zero-order valence-corrected chi connectivity index (χ0v) is 20.9. The highest BCUT2D eigenvalue weighted by atomic mass is 32.2. The van der Waals surface area contributed by atoms with Crippen molar-refractivity contribution < 1.29 is 14.4 Å². The summed E-state index contributed by atoms with van der Waals surface area (Å²) in [7, 11) is 0. The second-order valence-corrected chi connectivity index (χ2v) is 10.8. The van der Waals surface area contributed by atoms with Crippen molar-refractivity contribution in [1.82, 2.24) is 10.2 Å². The molecular formula is C26H36N4O3S. The molecule has 0 radical (unpaired) electrons. The van der Waals surface area contributed by atoms with E-state index in [-0.39, 0.29) is 30.2 Å². The number of carbonyl (C=O) groups is 3. The number of aliphatic imine (C=N–C) groups is 1. The lowest BCUT2D eigenvalue weighted by Gasteiger charge is -2.27. The van der Waals surface area contributed by atoms with Crippen LogP contribution < -0.4 is 10.6 Å². The van der Waals surface area contributed by atoms with Gasteiger partial charge in [-0.05, 0) is 62.6 Å². The van der Waals surface area contributed by atoms with E-state index >= 15 is 0 Å². The van der Waals surface area contributed by atoms with Crippen molar-refractivity contribution in [2.75, 3.05) is 18.4 Å². The number of amides is 3. The maximum atomic E-state index is 12.9. The highest BCUT2D eigenvalue weighted by Gasteiger charge is 2.33. The van der Waals surface area contributed by atoms with Crippen LogP contribution in [0.5, 0.6) is 0 Å². The molecule has 7 nitrogen and oxygen atoms in total. The molecule has 2 heterocycles. The minimum absolute atomic E-state index is 0.0714. The molecule has 0 spiro atoms. The van der Waals surface area contributed by atoms with Crippen LogP contribution in [0.1, 0.15) is 81.5 Å². The molecule has 1 saturated carbocycles. The van der Waals surface area contributed by atoms with Gasteiger partial charge in [0.2, 0.25) is 5.91 Å². The number of piperidine rings is 1. The molecule has 2 N–H and O–H groups in total. The summed E-state index contributed by atoms with van der Waals surface area (Å²) in [6.07, 6.45) is 10.4. The Labute approximate surface area is 206 Å². The third-order valence-electron chi connectivity index (χ3n) is 7.04. The topological polar surface area (TPSA) is 90.9 Å². The van der Waals surface area contributed by atoms with Crippen LogP contribution in [-0.4, -0.2) is 52.2 Å². The van der Waals surface area contributed by atoms with Gasteiger partial charge in [0.15, 0.2) is 5.17 Å². The number of likely N-dealkylation sites (tertiary alicyclic amines) is 1. The maximum Gasteiger partial charge on any atom is 0.262 e. The van der Waals surface area contributed by atoms with Crippen LogP contribution in [0, 0.1) is 5.92 Å². The molecule has 0 bridgehead atoms. The molecule has 34 heavy (non-hydrogen) atoms. The number of benzene rings is 1. The van der Waals surface area contributed by atoms with E-state index in [1.807, 2.05) is 0 Å².